The van der Waals surface area contributed by atoms with Gasteiger partial charge in [-0.05, 0) is 12.1 Å². The molecule has 0 aliphatic carbocycles. The third-order valence-corrected chi connectivity index (χ3v) is 2.15. The third kappa shape index (κ3) is 2.45. The van der Waals surface area contributed by atoms with Gasteiger partial charge in [-0.15, -0.1) is 5.10 Å². The van der Waals surface area contributed by atoms with Crippen molar-refractivity contribution in [3.8, 4) is 5.82 Å². The van der Waals surface area contributed by atoms with Gasteiger partial charge in [-0.2, -0.15) is 13.2 Å². The Morgan fingerprint density at radius 1 is 1.33 bits per heavy atom. The molecule has 0 amide bonds. The lowest BCUT2D eigenvalue weighted by atomic mass is 10.3. The van der Waals surface area contributed by atoms with Crippen LogP contribution < -0.4 is 5.73 Å². The Kier molecular flexibility index (Phi) is 2.99. The van der Waals surface area contributed by atoms with Crippen molar-refractivity contribution in [3.05, 3.63) is 36.0 Å². The van der Waals surface area contributed by atoms with Crippen LogP contribution in [0.25, 0.3) is 5.82 Å². The number of nitrogens with zero attached hydrogens (tertiary/aromatic N) is 4. The zero-order chi connectivity index (χ0) is 13.3. The summed E-state index contributed by atoms with van der Waals surface area (Å²) in [5.41, 5.74) is 4.29. The molecular weight excluding hydrogens is 267 g/mol. The van der Waals surface area contributed by atoms with Gasteiger partial charge in [-0.25, -0.2) is 14.6 Å². The molecule has 2 heterocycles. The lowest BCUT2D eigenvalue weighted by Crippen LogP contribution is -2.13. The normalized spacial score (nSPS) is 11.5. The predicted molar refractivity (Wildman–Crippen MR) is 60.0 cm³/mol. The van der Waals surface area contributed by atoms with E-state index >= 15 is 0 Å². The van der Waals surface area contributed by atoms with Gasteiger partial charge in [0.15, 0.2) is 5.82 Å². The zero-order valence-electron chi connectivity index (χ0n) is 8.72. The van der Waals surface area contributed by atoms with E-state index in [1.165, 1.54) is 18.5 Å². The molecule has 0 aliphatic heterocycles. The van der Waals surface area contributed by atoms with Crippen LogP contribution in [0.2, 0.25) is 0 Å². The van der Waals surface area contributed by atoms with Crippen molar-refractivity contribution in [2.24, 2.45) is 5.73 Å². The monoisotopic (exact) mass is 273 g/mol. The van der Waals surface area contributed by atoms with Crippen LogP contribution in [0.4, 0.5) is 13.2 Å². The van der Waals surface area contributed by atoms with Crippen molar-refractivity contribution in [2.75, 3.05) is 0 Å². The van der Waals surface area contributed by atoms with Gasteiger partial charge in [0.1, 0.15) is 17.0 Å². The average Bonchev–Trinajstić information content (AvgIpc) is 2.77. The van der Waals surface area contributed by atoms with Gasteiger partial charge in [0.2, 0.25) is 5.82 Å². The summed E-state index contributed by atoms with van der Waals surface area (Å²) in [7, 11) is 0. The molecule has 0 fully saturated rings. The fourth-order valence-corrected chi connectivity index (χ4v) is 1.29. The van der Waals surface area contributed by atoms with Crippen molar-refractivity contribution >= 4 is 17.2 Å². The molecule has 2 aromatic heterocycles. The Hall–Kier alpha value is -2.03. The van der Waals surface area contributed by atoms with Gasteiger partial charge in [0.25, 0.3) is 0 Å². The van der Waals surface area contributed by atoms with E-state index in [1.807, 2.05) is 0 Å². The minimum absolute atomic E-state index is 0.0141. The Balaban J connectivity index is 2.41. The van der Waals surface area contributed by atoms with E-state index in [2.05, 4.69) is 27.3 Å². The minimum atomic E-state index is -4.51. The van der Waals surface area contributed by atoms with Crippen LogP contribution in [-0.4, -0.2) is 24.7 Å². The van der Waals surface area contributed by atoms with Crippen LogP contribution in [0.3, 0.4) is 0 Å². The second kappa shape index (κ2) is 4.33. The second-order valence-electron chi connectivity index (χ2n) is 3.26. The van der Waals surface area contributed by atoms with Crippen LogP contribution >= 0.6 is 12.2 Å². The van der Waals surface area contributed by atoms with Crippen LogP contribution in [0.1, 0.15) is 11.5 Å². The van der Waals surface area contributed by atoms with E-state index < -0.39 is 11.9 Å². The molecule has 18 heavy (non-hydrogen) atoms. The molecule has 0 aliphatic rings. The first-order valence-electron chi connectivity index (χ1n) is 4.64. The standard InChI is InChI=1S/C9H6F3N5S/c10-9(11,12)5-2-1-3-6(15-5)17-4-14-8(16-17)7(13)18/h1-4H,(H2,13,18). The maximum Gasteiger partial charge on any atom is 0.433 e. The summed E-state index contributed by atoms with van der Waals surface area (Å²) in [6.45, 7) is 0. The predicted octanol–water partition coefficient (Wildman–Crippen LogP) is 1.32. The smallest absolute Gasteiger partial charge is 0.387 e. The molecule has 2 aromatic rings. The van der Waals surface area contributed by atoms with Crippen molar-refractivity contribution < 1.29 is 13.2 Å². The highest BCUT2D eigenvalue weighted by Gasteiger charge is 2.32. The number of rotatable bonds is 2. The highest BCUT2D eigenvalue weighted by molar-refractivity contribution is 7.80. The molecule has 0 radical (unpaired) electrons. The highest BCUT2D eigenvalue weighted by atomic mass is 32.1. The molecule has 0 atom stereocenters. The van der Waals surface area contributed by atoms with E-state index in [9.17, 15) is 13.2 Å². The zero-order valence-corrected chi connectivity index (χ0v) is 9.53. The van der Waals surface area contributed by atoms with E-state index in [0.717, 1.165) is 10.7 Å². The molecule has 0 unspecified atom stereocenters. The van der Waals surface area contributed by atoms with Crippen LogP contribution in [0.15, 0.2) is 24.5 Å². The van der Waals surface area contributed by atoms with Crippen molar-refractivity contribution in [3.63, 3.8) is 0 Å². The first kappa shape index (κ1) is 12.4. The van der Waals surface area contributed by atoms with Gasteiger partial charge < -0.3 is 5.73 Å². The molecular formula is C9H6F3N5S. The number of alkyl halides is 3. The van der Waals surface area contributed by atoms with Crippen molar-refractivity contribution in [2.45, 2.75) is 6.18 Å². The Morgan fingerprint density at radius 3 is 2.61 bits per heavy atom. The van der Waals surface area contributed by atoms with Gasteiger partial charge >= 0.3 is 6.18 Å². The van der Waals surface area contributed by atoms with E-state index in [-0.39, 0.29) is 16.6 Å². The Morgan fingerprint density at radius 2 is 2.06 bits per heavy atom. The van der Waals surface area contributed by atoms with Crippen LogP contribution in [0.5, 0.6) is 0 Å². The van der Waals surface area contributed by atoms with E-state index in [0.29, 0.717) is 0 Å². The molecule has 5 nitrogen and oxygen atoms in total. The van der Waals surface area contributed by atoms with Crippen molar-refractivity contribution in [1.29, 1.82) is 0 Å². The first-order valence-corrected chi connectivity index (χ1v) is 5.05. The molecule has 0 bridgehead atoms. The summed E-state index contributed by atoms with van der Waals surface area (Å²) in [4.78, 5) is 7.15. The summed E-state index contributed by atoms with van der Waals surface area (Å²) >= 11 is 4.65. The van der Waals surface area contributed by atoms with Gasteiger partial charge in [0.05, 0.1) is 0 Å². The highest BCUT2D eigenvalue weighted by Crippen LogP contribution is 2.27. The quantitative estimate of drug-likeness (QED) is 0.836. The molecule has 0 saturated heterocycles. The summed E-state index contributed by atoms with van der Waals surface area (Å²) < 4.78 is 38.5. The first-order chi connectivity index (χ1) is 8.38. The molecule has 2 N–H and O–H groups in total. The maximum absolute atomic E-state index is 12.5. The molecule has 0 spiro atoms. The number of pyridine rings is 1. The Labute approximate surface area is 104 Å². The fraction of sp³-hybridized carbons (Fsp3) is 0.111. The van der Waals surface area contributed by atoms with Gasteiger partial charge in [-0.3, -0.25) is 0 Å². The second-order valence-corrected chi connectivity index (χ2v) is 3.70. The summed E-state index contributed by atoms with van der Waals surface area (Å²) in [6, 6.07) is 3.47. The SMILES string of the molecule is NC(=S)c1ncn(-c2cccc(C(F)(F)F)n2)n1. The van der Waals surface area contributed by atoms with Gasteiger partial charge in [-0.1, -0.05) is 18.3 Å². The average molecular weight is 273 g/mol. The number of aromatic nitrogens is 4. The third-order valence-electron chi connectivity index (χ3n) is 1.97. The van der Waals surface area contributed by atoms with Crippen molar-refractivity contribution in [1.82, 2.24) is 19.7 Å². The molecule has 0 saturated carbocycles. The summed E-state index contributed by atoms with van der Waals surface area (Å²) in [5.74, 6) is 0.0593. The molecule has 2 rings (SSSR count). The number of hydrogen-bond donors (Lipinski definition) is 1. The lowest BCUT2D eigenvalue weighted by Gasteiger charge is -2.06. The van der Waals surface area contributed by atoms with E-state index in [4.69, 9.17) is 5.73 Å². The fourth-order valence-electron chi connectivity index (χ4n) is 1.20. The maximum atomic E-state index is 12.5. The Bertz CT molecular complexity index is 592. The molecule has 0 aromatic carbocycles. The summed E-state index contributed by atoms with van der Waals surface area (Å²) in [5, 5.41) is 3.81. The topological polar surface area (TPSA) is 69.6 Å². The van der Waals surface area contributed by atoms with Crippen LogP contribution in [0, 0.1) is 0 Å². The number of hydrogen-bond acceptors (Lipinski definition) is 4. The van der Waals surface area contributed by atoms with E-state index in [1.54, 1.807) is 0 Å². The largest absolute Gasteiger partial charge is 0.433 e. The number of thiocarbonyl (C=S) groups is 1. The lowest BCUT2D eigenvalue weighted by molar-refractivity contribution is -0.141. The molecule has 9 heteroatoms. The number of halogens is 3. The van der Waals surface area contributed by atoms with Crippen LogP contribution in [-0.2, 0) is 6.18 Å². The summed E-state index contributed by atoms with van der Waals surface area (Å²) in [6.07, 6.45) is -3.32. The van der Waals surface area contributed by atoms with Gasteiger partial charge in [0, 0.05) is 0 Å². The molecule has 94 valence electrons. The number of nitrogens with two attached hydrogens (primary N) is 1. The minimum Gasteiger partial charge on any atom is -0.387 e.